The number of carboxylic acids is 1. The number of hydrogen-bond acceptors (Lipinski definition) is 4. The lowest BCUT2D eigenvalue weighted by atomic mass is 9.94. The molecule has 0 aliphatic heterocycles. The number of allylic oxidation sites excluding steroid dienone is 1. The number of benzene rings is 1. The van der Waals surface area contributed by atoms with E-state index in [-0.39, 0.29) is 18.9 Å². The van der Waals surface area contributed by atoms with Crippen LogP contribution in [0.5, 0.6) is 5.75 Å². The van der Waals surface area contributed by atoms with Gasteiger partial charge >= 0.3 is 5.97 Å². The molecule has 1 aromatic heterocycles. The first kappa shape index (κ1) is 18.0. The van der Waals surface area contributed by atoms with Crippen LogP contribution in [-0.2, 0) is 22.4 Å². The molecule has 0 atom stereocenters. The summed E-state index contributed by atoms with van der Waals surface area (Å²) >= 11 is 0. The van der Waals surface area contributed by atoms with Crippen LogP contribution < -0.4 is 10.1 Å². The van der Waals surface area contributed by atoms with Crippen molar-refractivity contribution in [1.29, 1.82) is 0 Å². The van der Waals surface area contributed by atoms with Crippen LogP contribution in [-0.4, -0.2) is 30.6 Å². The molecule has 0 spiro atoms. The molecule has 1 heterocycles. The zero-order chi connectivity index (χ0) is 18.7. The fraction of sp³-hybridized carbons (Fsp3) is 0.400. The minimum atomic E-state index is -0.942. The van der Waals surface area contributed by atoms with Crippen LogP contribution in [0.4, 0.5) is 0 Å². The molecule has 138 valence electrons. The van der Waals surface area contributed by atoms with Crippen LogP contribution in [0.1, 0.15) is 43.1 Å². The number of aliphatic carboxylic acids is 1. The van der Waals surface area contributed by atoms with E-state index in [2.05, 4.69) is 5.32 Å². The van der Waals surface area contributed by atoms with Crippen molar-refractivity contribution in [3.63, 3.8) is 0 Å². The third kappa shape index (κ3) is 3.74. The van der Waals surface area contributed by atoms with E-state index >= 15 is 0 Å². The molecule has 0 radical (unpaired) electrons. The second kappa shape index (κ2) is 7.64. The Morgan fingerprint density at radius 1 is 1.31 bits per heavy atom. The number of rotatable bonds is 6. The van der Waals surface area contributed by atoms with Crippen LogP contribution in [0.2, 0.25) is 0 Å². The Bertz CT molecular complexity index is 878. The van der Waals surface area contributed by atoms with Crippen molar-refractivity contribution in [1.82, 2.24) is 5.32 Å². The van der Waals surface area contributed by atoms with E-state index in [1.165, 1.54) is 11.6 Å². The lowest BCUT2D eigenvalue weighted by molar-refractivity contribution is -0.136. The largest absolute Gasteiger partial charge is 0.496 e. The van der Waals surface area contributed by atoms with Gasteiger partial charge in [-0.2, -0.15) is 0 Å². The van der Waals surface area contributed by atoms with Gasteiger partial charge in [0.2, 0.25) is 5.91 Å². The molecule has 26 heavy (non-hydrogen) atoms. The number of amides is 1. The van der Waals surface area contributed by atoms with E-state index in [0.717, 1.165) is 53.5 Å². The molecule has 1 aliphatic carbocycles. The lowest BCUT2D eigenvalue weighted by Crippen LogP contribution is -2.24. The number of carboxylic acid groups (broad SMARTS) is 1. The number of carbonyl (C=O) groups excluding carboxylic acids is 1. The maximum atomic E-state index is 12.0. The van der Waals surface area contributed by atoms with Gasteiger partial charge in [0.1, 0.15) is 17.1 Å². The predicted octanol–water partition coefficient (Wildman–Crippen LogP) is 3.31. The first-order valence-corrected chi connectivity index (χ1v) is 8.80. The molecular weight excluding hydrogens is 334 g/mol. The number of hydrogen-bond donors (Lipinski definition) is 2. The highest BCUT2D eigenvalue weighted by Crippen LogP contribution is 2.37. The van der Waals surface area contributed by atoms with Crippen molar-refractivity contribution in [3.05, 3.63) is 35.1 Å². The zero-order valence-electron chi connectivity index (χ0n) is 15.1. The fourth-order valence-corrected chi connectivity index (χ4v) is 3.38. The summed E-state index contributed by atoms with van der Waals surface area (Å²) in [7, 11) is 1.59. The molecule has 2 N–H and O–H groups in total. The summed E-state index contributed by atoms with van der Waals surface area (Å²) in [5.41, 5.74) is 3.66. The van der Waals surface area contributed by atoms with Gasteiger partial charge in [0.15, 0.2) is 0 Å². The van der Waals surface area contributed by atoms with Crippen molar-refractivity contribution in [2.45, 2.75) is 39.0 Å². The van der Waals surface area contributed by atoms with Crippen molar-refractivity contribution in [3.8, 4) is 5.75 Å². The maximum Gasteiger partial charge on any atom is 0.305 e. The normalized spacial score (nSPS) is 14.2. The second-order valence-corrected chi connectivity index (χ2v) is 6.52. The summed E-state index contributed by atoms with van der Waals surface area (Å²) in [6.45, 7) is 1.94. The number of ether oxygens (including phenoxy) is 1. The average molecular weight is 357 g/mol. The summed E-state index contributed by atoms with van der Waals surface area (Å²) in [6.07, 6.45) is 5.64. The third-order valence-corrected chi connectivity index (χ3v) is 4.69. The maximum absolute atomic E-state index is 12.0. The van der Waals surface area contributed by atoms with E-state index in [4.69, 9.17) is 14.3 Å². The molecule has 0 saturated heterocycles. The summed E-state index contributed by atoms with van der Waals surface area (Å²) in [5, 5.41) is 12.3. The topological polar surface area (TPSA) is 88.8 Å². The van der Waals surface area contributed by atoms with Gasteiger partial charge in [-0.3, -0.25) is 9.59 Å². The molecule has 0 bridgehead atoms. The van der Waals surface area contributed by atoms with Gasteiger partial charge in [-0.05, 0) is 37.8 Å². The molecule has 6 heteroatoms. The summed E-state index contributed by atoms with van der Waals surface area (Å²) in [6, 6.07) is 3.90. The molecular formula is C20H23NO5. The molecule has 1 aliphatic rings. The van der Waals surface area contributed by atoms with Crippen molar-refractivity contribution in [2.24, 2.45) is 0 Å². The molecule has 0 fully saturated rings. The van der Waals surface area contributed by atoms with E-state index in [1.54, 1.807) is 7.11 Å². The van der Waals surface area contributed by atoms with Crippen LogP contribution in [0.25, 0.3) is 16.5 Å². The molecule has 2 aromatic rings. The van der Waals surface area contributed by atoms with E-state index in [0.29, 0.717) is 5.75 Å². The second-order valence-electron chi connectivity index (χ2n) is 6.52. The smallest absolute Gasteiger partial charge is 0.305 e. The Morgan fingerprint density at radius 3 is 2.81 bits per heavy atom. The molecule has 1 aromatic carbocycles. The van der Waals surface area contributed by atoms with Gasteiger partial charge in [0.05, 0.1) is 13.5 Å². The van der Waals surface area contributed by atoms with E-state index < -0.39 is 5.97 Å². The fourth-order valence-electron chi connectivity index (χ4n) is 3.38. The van der Waals surface area contributed by atoms with Gasteiger partial charge in [-0.15, -0.1) is 0 Å². The minimum Gasteiger partial charge on any atom is -0.496 e. The standard InChI is InChI=1S/C20H23NO5/c1-12(9-19(22)21-8-7-20(23)24)14-10-15-13-5-3-4-6-16(13)26-18(15)11-17(14)25-2/h9-11H,3-8H2,1-2H3,(H,21,22)(H,23,24)/b12-9+. The number of fused-ring (bicyclic) bond motifs is 3. The van der Waals surface area contributed by atoms with Crippen molar-refractivity contribution in [2.75, 3.05) is 13.7 Å². The van der Waals surface area contributed by atoms with E-state index in [1.807, 2.05) is 19.1 Å². The highest BCUT2D eigenvalue weighted by Gasteiger charge is 2.20. The van der Waals surface area contributed by atoms with Gasteiger partial charge in [0.25, 0.3) is 0 Å². The Labute approximate surface area is 151 Å². The summed E-state index contributed by atoms with van der Waals surface area (Å²) in [4.78, 5) is 22.5. The highest BCUT2D eigenvalue weighted by molar-refractivity contribution is 5.97. The first-order chi connectivity index (χ1) is 12.5. The molecule has 3 rings (SSSR count). The predicted molar refractivity (Wildman–Crippen MR) is 98.3 cm³/mol. The highest BCUT2D eigenvalue weighted by atomic mass is 16.5. The summed E-state index contributed by atoms with van der Waals surface area (Å²) < 4.78 is 11.5. The van der Waals surface area contributed by atoms with Gasteiger partial charge in [-0.25, -0.2) is 0 Å². The van der Waals surface area contributed by atoms with Crippen LogP contribution >= 0.6 is 0 Å². The Hall–Kier alpha value is -2.76. The quantitative estimate of drug-likeness (QED) is 0.774. The van der Waals surface area contributed by atoms with Gasteiger partial charge < -0.3 is 19.6 Å². The number of furan rings is 1. The molecule has 6 nitrogen and oxygen atoms in total. The number of methoxy groups -OCH3 is 1. The van der Waals surface area contributed by atoms with Crippen LogP contribution in [0.15, 0.2) is 22.6 Å². The molecule has 0 saturated carbocycles. The van der Waals surface area contributed by atoms with Crippen LogP contribution in [0.3, 0.4) is 0 Å². The SMILES string of the molecule is COc1cc2oc3c(c2cc1/C(C)=C/C(=O)NCCC(=O)O)CCCC3. The Kier molecular flexibility index (Phi) is 5.30. The minimum absolute atomic E-state index is 0.101. The van der Waals surface area contributed by atoms with Gasteiger partial charge in [0, 0.05) is 41.6 Å². The average Bonchev–Trinajstić information content (AvgIpc) is 2.97. The van der Waals surface area contributed by atoms with Crippen LogP contribution in [0, 0.1) is 0 Å². The number of carbonyl (C=O) groups is 2. The van der Waals surface area contributed by atoms with Gasteiger partial charge in [-0.1, -0.05) is 0 Å². The summed E-state index contributed by atoms with van der Waals surface area (Å²) in [5.74, 6) is 0.442. The van der Waals surface area contributed by atoms with Crippen molar-refractivity contribution < 1.29 is 23.8 Å². The lowest BCUT2D eigenvalue weighted by Gasteiger charge is -2.11. The Morgan fingerprint density at radius 2 is 2.08 bits per heavy atom. The zero-order valence-corrected chi connectivity index (χ0v) is 15.1. The first-order valence-electron chi connectivity index (χ1n) is 8.80. The number of aryl methyl sites for hydroxylation is 2. The molecule has 1 amide bonds. The number of nitrogens with one attached hydrogen (secondary N) is 1. The monoisotopic (exact) mass is 357 g/mol. The van der Waals surface area contributed by atoms with Crippen molar-refractivity contribution >= 4 is 28.4 Å². The van der Waals surface area contributed by atoms with E-state index in [9.17, 15) is 9.59 Å². The molecule has 0 unspecified atom stereocenters. The third-order valence-electron chi connectivity index (χ3n) is 4.69. The Balaban J connectivity index is 1.91.